The van der Waals surface area contributed by atoms with Gasteiger partial charge in [0.05, 0.1) is 0 Å². The number of rotatable bonds is 18. The highest BCUT2D eigenvalue weighted by molar-refractivity contribution is 5.82. The molecule has 0 aromatic heterocycles. The predicted octanol–water partition coefficient (Wildman–Crippen LogP) is 7.42. The molecular formula is C22H40O. The van der Waals surface area contributed by atoms with Crippen LogP contribution in [0.1, 0.15) is 103 Å². The molecule has 0 spiro atoms. The summed E-state index contributed by atoms with van der Waals surface area (Å²) in [4.78, 5) is 11.9. The number of unbranched alkanes of at least 4 members (excludes halogenated alkanes) is 11. The first-order chi connectivity index (χ1) is 11.3. The van der Waals surface area contributed by atoms with Crippen LogP contribution in [0.5, 0.6) is 0 Å². The number of ketones is 1. The molecule has 0 heterocycles. The molecule has 0 saturated heterocycles. The first kappa shape index (κ1) is 22.1. The van der Waals surface area contributed by atoms with E-state index >= 15 is 0 Å². The van der Waals surface area contributed by atoms with Crippen LogP contribution in [0, 0.1) is 5.92 Å². The van der Waals surface area contributed by atoms with Crippen molar-refractivity contribution in [2.75, 3.05) is 0 Å². The van der Waals surface area contributed by atoms with Crippen LogP contribution in [-0.2, 0) is 4.79 Å². The van der Waals surface area contributed by atoms with Crippen LogP contribution in [0.3, 0.4) is 0 Å². The number of hydrogen-bond donors (Lipinski definition) is 0. The topological polar surface area (TPSA) is 17.1 Å². The van der Waals surface area contributed by atoms with Gasteiger partial charge in [0.1, 0.15) is 5.78 Å². The van der Waals surface area contributed by atoms with Crippen LogP contribution in [0.25, 0.3) is 0 Å². The Morgan fingerprint density at radius 3 is 1.70 bits per heavy atom. The van der Waals surface area contributed by atoms with Gasteiger partial charge in [-0.3, -0.25) is 4.79 Å². The zero-order chi connectivity index (χ0) is 17.2. The van der Waals surface area contributed by atoms with Crippen LogP contribution in [0.15, 0.2) is 25.3 Å². The van der Waals surface area contributed by atoms with Crippen molar-refractivity contribution in [2.45, 2.75) is 103 Å². The summed E-state index contributed by atoms with van der Waals surface area (Å²) >= 11 is 0. The molecule has 1 unspecified atom stereocenters. The molecule has 0 N–H and O–H groups in total. The van der Waals surface area contributed by atoms with Crippen LogP contribution >= 0.6 is 0 Å². The maximum absolute atomic E-state index is 11.9. The molecule has 0 aromatic carbocycles. The molecular weight excluding hydrogens is 280 g/mol. The SMILES string of the molecule is C=CCC(=O)C(CC=C)CCCCCCCCCCCCCC. The summed E-state index contributed by atoms with van der Waals surface area (Å²) in [5.41, 5.74) is 0. The normalized spacial score (nSPS) is 12.0. The van der Waals surface area contributed by atoms with E-state index in [0.717, 1.165) is 12.8 Å². The molecule has 0 saturated carbocycles. The minimum Gasteiger partial charge on any atom is -0.299 e. The fraction of sp³-hybridized carbons (Fsp3) is 0.773. The van der Waals surface area contributed by atoms with E-state index < -0.39 is 0 Å². The zero-order valence-electron chi connectivity index (χ0n) is 15.7. The third kappa shape index (κ3) is 14.5. The first-order valence-electron chi connectivity index (χ1n) is 10.0. The van der Waals surface area contributed by atoms with E-state index in [1.807, 2.05) is 6.08 Å². The Kier molecular flexibility index (Phi) is 16.9. The highest BCUT2D eigenvalue weighted by Gasteiger charge is 2.14. The van der Waals surface area contributed by atoms with Crippen LogP contribution in [0.2, 0.25) is 0 Å². The van der Waals surface area contributed by atoms with Gasteiger partial charge >= 0.3 is 0 Å². The van der Waals surface area contributed by atoms with Crippen molar-refractivity contribution in [3.05, 3.63) is 25.3 Å². The van der Waals surface area contributed by atoms with Gasteiger partial charge in [0.25, 0.3) is 0 Å². The summed E-state index contributed by atoms with van der Waals surface area (Å²) in [5, 5.41) is 0. The molecule has 23 heavy (non-hydrogen) atoms. The van der Waals surface area contributed by atoms with Crippen molar-refractivity contribution in [3.63, 3.8) is 0 Å². The van der Waals surface area contributed by atoms with Gasteiger partial charge in [-0.1, -0.05) is 96.1 Å². The summed E-state index contributed by atoms with van der Waals surface area (Å²) in [6, 6.07) is 0. The van der Waals surface area contributed by atoms with Crippen molar-refractivity contribution in [1.29, 1.82) is 0 Å². The summed E-state index contributed by atoms with van der Waals surface area (Å²) in [7, 11) is 0. The maximum atomic E-state index is 11.9. The van der Waals surface area contributed by atoms with Gasteiger partial charge in [0, 0.05) is 12.3 Å². The lowest BCUT2D eigenvalue weighted by atomic mass is 9.91. The van der Waals surface area contributed by atoms with Gasteiger partial charge in [-0.25, -0.2) is 0 Å². The Morgan fingerprint density at radius 1 is 0.783 bits per heavy atom. The second-order valence-corrected chi connectivity index (χ2v) is 6.86. The van der Waals surface area contributed by atoms with Crippen molar-refractivity contribution >= 4 is 5.78 Å². The van der Waals surface area contributed by atoms with E-state index in [1.54, 1.807) is 6.08 Å². The van der Waals surface area contributed by atoms with E-state index in [4.69, 9.17) is 0 Å². The number of carbonyl (C=O) groups excluding carboxylic acids is 1. The molecule has 0 aliphatic rings. The molecule has 0 radical (unpaired) electrons. The quantitative estimate of drug-likeness (QED) is 0.190. The third-order valence-corrected chi connectivity index (χ3v) is 4.66. The molecule has 1 heteroatoms. The largest absolute Gasteiger partial charge is 0.299 e. The van der Waals surface area contributed by atoms with Gasteiger partial charge in [-0.15, -0.1) is 13.2 Å². The van der Waals surface area contributed by atoms with E-state index in [0.29, 0.717) is 12.2 Å². The van der Waals surface area contributed by atoms with E-state index in [1.165, 1.54) is 77.0 Å². The second-order valence-electron chi connectivity index (χ2n) is 6.86. The van der Waals surface area contributed by atoms with Gasteiger partial charge in [-0.2, -0.15) is 0 Å². The zero-order valence-corrected chi connectivity index (χ0v) is 15.7. The molecule has 1 nitrogen and oxygen atoms in total. The van der Waals surface area contributed by atoms with Gasteiger partial charge in [0.2, 0.25) is 0 Å². The summed E-state index contributed by atoms with van der Waals surface area (Å²) in [6.45, 7) is 9.71. The van der Waals surface area contributed by atoms with E-state index in [2.05, 4.69) is 20.1 Å². The smallest absolute Gasteiger partial charge is 0.140 e. The molecule has 0 rings (SSSR count). The Bertz CT molecular complexity index is 292. The number of hydrogen-bond acceptors (Lipinski definition) is 1. The first-order valence-corrected chi connectivity index (χ1v) is 10.0. The standard InChI is InChI=1S/C22H40O/c1-4-7-8-9-10-11-12-13-14-15-16-17-20-21(18-5-2)22(23)19-6-3/h5-6,21H,2-4,7-20H2,1H3. The lowest BCUT2D eigenvalue weighted by Gasteiger charge is -2.12. The monoisotopic (exact) mass is 320 g/mol. The van der Waals surface area contributed by atoms with Crippen LogP contribution < -0.4 is 0 Å². The highest BCUT2D eigenvalue weighted by Crippen LogP contribution is 2.18. The van der Waals surface area contributed by atoms with Gasteiger partial charge in [0.15, 0.2) is 0 Å². The minimum absolute atomic E-state index is 0.175. The molecule has 0 fully saturated rings. The maximum Gasteiger partial charge on any atom is 0.140 e. The molecule has 1 atom stereocenters. The lowest BCUT2D eigenvalue weighted by Crippen LogP contribution is -2.12. The number of carbonyl (C=O) groups is 1. The summed E-state index contributed by atoms with van der Waals surface area (Å²) in [5.74, 6) is 0.511. The molecule has 134 valence electrons. The van der Waals surface area contributed by atoms with Gasteiger partial charge in [-0.05, 0) is 12.8 Å². The van der Waals surface area contributed by atoms with E-state index in [9.17, 15) is 4.79 Å². The fourth-order valence-electron chi connectivity index (χ4n) is 3.15. The third-order valence-electron chi connectivity index (χ3n) is 4.66. The van der Waals surface area contributed by atoms with Crippen LogP contribution in [0.4, 0.5) is 0 Å². The molecule has 0 bridgehead atoms. The average molecular weight is 321 g/mol. The Hall–Kier alpha value is -0.850. The minimum atomic E-state index is 0.175. The van der Waals surface area contributed by atoms with Crippen molar-refractivity contribution in [2.24, 2.45) is 5.92 Å². The van der Waals surface area contributed by atoms with Gasteiger partial charge < -0.3 is 0 Å². The second kappa shape index (κ2) is 17.5. The predicted molar refractivity (Wildman–Crippen MR) is 104 cm³/mol. The number of allylic oxidation sites excluding steroid dienone is 2. The Labute approximate surface area is 145 Å². The molecule has 0 aliphatic carbocycles. The fourth-order valence-corrected chi connectivity index (χ4v) is 3.15. The lowest BCUT2D eigenvalue weighted by molar-refractivity contribution is -0.122. The Balaban J connectivity index is 3.44. The number of Topliss-reactive ketones (excluding diaryl/α,β-unsaturated/α-hetero) is 1. The molecule has 0 aliphatic heterocycles. The van der Waals surface area contributed by atoms with E-state index in [-0.39, 0.29) is 5.92 Å². The van der Waals surface area contributed by atoms with Crippen molar-refractivity contribution in [3.8, 4) is 0 Å². The molecule has 0 amide bonds. The highest BCUT2D eigenvalue weighted by atomic mass is 16.1. The van der Waals surface area contributed by atoms with Crippen molar-refractivity contribution < 1.29 is 4.79 Å². The summed E-state index contributed by atoms with van der Waals surface area (Å²) in [6.07, 6.45) is 22.3. The van der Waals surface area contributed by atoms with Crippen molar-refractivity contribution in [1.82, 2.24) is 0 Å². The average Bonchev–Trinajstić information content (AvgIpc) is 2.55. The molecule has 0 aromatic rings. The Morgan fingerprint density at radius 2 is 1.26 bits per heavy atom. The summed E-state index contributed by atoms with van der Waals surface area (Å²) < 4.78 is 0. The van der Waals surface area contributed by atoms with Crippen LogP contribution in [-0.4, -0.2) is 5.78 Å².